The summed E-state index contributed by atoms with van der Waals surface area (Å²) in [5, 5.41) is 0.349. The van der Waals surface area contributed by atoms with Crippen molar-refractivity contribution < 1.29 is 9.53 Å². The van der Waals surface area contributed by atoms with Crippen LogP contribution in [-0.4, -0.2) is 18.1 Å². The quantitative estimate of drug-likeness (QED) is 0.607. The Morgan fingerprint density at radius 2 is 2.46 bits per heavy atom. The predicted octanol–water partition coefficient (Wildman–Crippen LogP) is 2.21. The van der Waals surface area contributed by atoms with Crippen LogP contribution in [0.3, 0.4) is 0 Å². The Balaban J connectivity index is 2.89. The summed E-state index contributed by atoms with van der Waals surface area (Å²) in [5.74, 6) is -0.303. The maximum Gasteiger partial charge on any atom is 0.310 e. The van der Waals surface area contributed by atoms with E-state index in [2.05, 4.69) is 25.7 Å². The first-order valence-electron chi connectivity index (χ1n) is 3.51. The molecule has 70 valence electrons. The summed E-state index contributed by atoms with van der Waals surface area (Å²) in [6, 6.07) is 1.72. The SMILES string of the molecule is COC(=O)Cc1ccnc(Cl)c1Br. The first-order valence-corrected chi connectivity index (χ1v) is 4.68. The van der Waals surface area contributed by atoms with Crippen LogP contribution in [0.1, 0.15) is 5.56 Å². The molecule has 1 aromatic rings. The second kappa shape index (κ2) is 4.58. The van der Waals surface area contributed by atoms with E-state index in [1.165, 1.54) is 7.11 Å². The smallest absolute Gasteiger partial charge is 0.310 e. The lowest BCUT2D eigenvalue weighted by atomic mass is 10.2. The Hall–Kier alpha value is -0.610. The molecule has 0 aliphatic heterocycles. The summed E-state index contributed by atoms with van der Waals surface area (Å²) in [6.45, 7) is 0. The lowest BCUT2D eigenvalue weighted by Crippen LogP contribution is -2.05. The Bertz CT molecular complexity index is 330. The van der Waals surface area contributed by atoms with Gasteiger partial charge in [0, 0.05) is 6.20 Å². The highest BCUT2D eigenvalue weighted by atomic mass is 79.9. The molecule has 1 aromatic heterocycles. The second-order valence-electron chi connectivity index (χ2n) is 2.33. The number of methoxy groups -OCH3 is 1. The van der Waals surface area contributed by atoms with Crippen molar-refractivity contribution in [2.24, 2.45) is 0 Å². The zero-order chi connectivity index (χ0) is 9.84. The third kappa shape index (κ3) is 2.67. The largest absolute Gasteiger partial charge is 0.469 e. The van der Waals surface area contributed by atoms with Gasteiger partial charge in [-0.2, -0.15) is 0 Å². The van der Waals surface area contributed by atoms with Gasteiger partial charge in [0.15, 0.2) is 0 Å². The van der Waals surface area contributed by atoms with Gasteiger partial charge in [-0.05, 0) is 27.6 Å². The number of aromatic nitrogens is 1. The number of carbonyl (C=O) groups is 1. The molecule has 3 nitrogen and oxygen atoms in total. The number of esters is 1. The molecule has 0 saturated carbocycles. The van der Waals surface area contributed by atoms with E-state index >= 15 is 0 Å². The number of ether oxygens (including phenoxy) is 1. The first kappa shape index (κ1) is 10.5. The number of hydrogen-bond donors (Lipinski definition) is 0. The van der Waals surface area contributed by atoms with E-state index in [9.17, 15) is 4.79 Å². The molecule has 0 fully saturated rings. The maximum atomic E-state index is 10.9. The average Bonchev–Trinajstić information content (AvgIpc) is 2.13. The van der Waals surface area contributed by atoms with Gasteiger partial charge in [0.2, 0.25) is 0 Å². The summed E-state index contributed by atoms with van der Waals surface area (Å²) >= 11 is 8.97. The molecule has 0 radical (unpaired) electrons. The van der Waals surface area contributed by atoms with Crippen LogP contribution in [-0.2, 0) is 16.0 Å². The van der Waals surface area contributed by atoms with Crippen molar-refractivity contribution in [1.29, 1.82) is 0 Å². The van der Waals surface area contributed by atoms with E-state index in [0.29, 0.717) is 9.63 Å². The third-order valence-electron chi connectivity index (χ3n) is 1.49. The van der Waals surface area contributed by atoms with Crippen LogP contribution in [0.25, 0.3) is 0 Å². The molecular weight excluding hydrogens is 257 g/mol. The molecular formula is C8H7BrClNO2. The minimum atomic E-state index is -0.303. The molecule has 0 unspecified atom stereocenters. The van der Waals surface area contributed by atoms with Crippen molar-refractivity contribution in [2.75, 3.05) is 7.11 Å². The molecule has 1 heterocycles. The molecule has 0 spiro atoms. The predicted molar refractivity (Wildman–Crippen MR) is 52.7 cm³/mol. The van der Waals surface area contributed by atoms with Crippen LogP contribution in [0.5, 0.6) is 0 Å². The molecule has 0 saturated heterocycles. The monoisotopic (exact) mass is 263 g/mol. The fourth-order valence-corrected chi connectivity index (χ4v) is 1.37. The molecule has 1 rings (SSSR count). The van der Waals surface area contributed by atoms with Gasteiger partial charge in [-0.3, -0.25) is 4.79 Å². The highest BCUT2D eigenvalue weighted by Crippen LogP contribution is 2.24. The summed E-state index contributed by atoms with van der Waals surface area (Å²) in [6.07, 6.45) is 1.74. The molecule has 0 aliphatic rings. The summed E-state index contributed by atoms with van der Waals surface area (Å²) in [7, 11) is 1.35. The number of pyridine rings is 1. The van der Waals surface area contributed by atoms with E-state index in [0.717, 1.165) is 5.56 Å². The van der Waals surface area contributed by atoms with Crippen LogP contribution >= 0.6 is 27.5 Å². The van der Waals surface area contributed by atoms with Gasteiger partial charge < -0.3 is 4.74 Å². The van der Waals surface area contributed by atoms with Crippen molar-refractivity contribution >= 4 is 33.5 Å². The molecule has 0 amide bonds. The van der Waals surface area contributed by atoms with Gasteiger partial charge in [-0.1, -0.05) is 11.6 Å². The Morgan fingerprint density at radius 3 is 3.08 bits per heavy atom. The second-order valence-corrected chi connectivity index (χ2v) is 3.48. The van der Waals surface area contributed by atoms with Gasteiger partial charge in [-0.25, -0.2) is 4.98 Å². The topological polar surface area (TPSA) is 39.2 Å². The van der Waals surface area contributed by atoms with Crippen LogP contribution in [0.4, 0.5) is 0 Å². The van der Waals surface area contributed by atoms with E-state index in [-0.39, 0.29) is 12.4 Å². The first-order chi connectivity index (χ1) is 6.15. The van der Waals surface area contributed by atoms with Crippen molar-refractivity contribution in [3.05, 3.63) is 27.5 Å². The Labute approximate surface area is 89.2 Å². The van der Waals surface area contributed by atoms with Crippen molar-refractivity contribution in [3.8, 4) is 0 Å². The van der Waals surface area contributed by atoms with Crippen LogP contribution in [0, 0.1) is 0 Å². The van der Waals surface area contributed by atoms with Gasteiger partial charge in [0.1, 0.15) is 5.15 Å². The summed E-state index contributed by atoms with van der Waals surface area (Å²) < 4.78 is 5.17. The zero-order valence-corrected chi connectivity index (χ0v) is 9.22. The van der Waals surface area contributed by atoms with Crippen LogP contribution in [0.2, 0.25) is 5.15 Å². The van der Waals surface area contributed by atoms with Gasteiger partial charge in [0.25, 0.3) is 0 Å². The summed E-state index contributed by atoms with van der Waals surface area (Å²) in [5.41, 5.74) is 0.770. The highest BCUT2D eigenvalue weighted by molar-refractivity contribution is 9.10. The standard InChI is InChI=1S/C8H7BrClNO2/c1-13-6(12)4-5-2-3-11-8(10)7(5)9/h2-3H,4H2,1H3. The average molecular weight is 265 g/mol. The van der Waals surface area contributed by atoms with Gasteiger partial charge in [0.05, 0.1) is 18.0 Å². The van der Waals surface area contributed by atoms with Gasteiger partial charge in [-0.15, -0.1) is 0 Å². The zero-order valence-electron chi connectivity index (χ0n) is 6.88. The normalized spacial score (nSPS) is 9.77. The lowest BCUT2D eigenvalue weighted by molar-refractivity contribution is -0.139. The molecule has 13 heavy (non-hydrogen) atoms. The van der Waals surface area contributed by atoms with Crippen LogP contribution in [0.15, 0.2) is 16.7 Å². The minimum absolute atomic E-state index is 0.194. The van der Waals surface area contributed by atoms with E-state index in [1.54, 1.807) is 12.3 Å². The fraction of sp³-hybridized carbons (Fsp3) is 0.250. The fourth-order valence-electron chi connectivity index (χ4n) is 0.819. The number of hydrogen-bond acceptors (Lipinski definition) is 3. The molecule has 0 aromatic carbocycles. The third-order valence-corrected chi connectivity index (χ3v) is 2.89. The van der Waals surface area contributed by atoms with Crippen LogP contribution < -0.4 is 0 Å². The van der Waals surface area contributed by atoms with Crippen molar-refractivity contribution in [1.82, 2.24) is 4.98 Å². The van der Waals surface area contributed by atoms with E-state index in [1.807, 2.05) is 0 Å². The Kier molecular flexibility index (Phi) is 3.69. The lowest BCUT2D eigenvalue weighted by Gasteiger charge is -2.03. The molecule has 5 heteroatoms. The van der Waals surface area contributed by atoms with Gasteiger partial charge >= 0.3 is 5.97 Å². The minimum Gasteiger partial charge on any atom is -0.469 e. The Morgan fingerprint density at radius 1 is 1.77 bits per heavy atom. The summed E-state index contributed by atoms with van der Waals surface area (Å²) in [4.78, 5) is 14.8. The molecule has 0 N–H and O–H groups in total. The maximum absolute atomic E-state index is 10.9. The molecule has 0 aliphatic carbocycles. The number of halogens is 2. The number of rotatable bonds is 2. The number of nitrogens with zero attached hydrogens (tertiary/aromatic N) is 1. The van der Waals surface area contributed by atoms with E-state index < -0.39 is 0 Å². The highest BCUT2D eigenvalue weighted by Gasteiger charge is 2.09. The van der Waals surface area contributed by atoms with Crippen molar-refractivity contribution in [2.45, 2.75) is 6.42 Å². The molecule has 0 bridgehead atoms. The number of carbonyl (C=O) groups excluding carboxylic acids is 1. The van der Waals surface area contributed by atoms with E-state index in [4.69, 9.17) is 11.6 Å². The van der Waals surface area contributed by atoms with Crippen molar-refractivity contribution in [3.63, 3.8) is 0 Å². The molecule has 0 atom stereocenters.